The number of nitrogens with zero attached hydrogens (tertiary/aromatic N) is 3. The van der Waals surface area contributed by atoms with E-state index in [0.717, 1.165) is 36.8 Å². The molecule has 26 heavy (non-hydrogen) atoms. The highest BCUT2D eigenvalue weighted by molar-refractivity contribution is 8.26. The largest absolute Gasteiger partial charge is 0.384 e. The number of hydrogen-bond acceptors (Lipinski definition) is 7. The van der Waals surface area contributed by atoms with Crippen molar-refractivity contribution in [3.05, 3.63) is 42.4 Å². The fraction of sp³-hybridized carbons (Fsp3) is 0.389. The molecule has 0 spiro atoms. The zero-order valence-corrected chi connectivity index (χ0v) is 16.2. The van der Waals surface area contributed by atoms with Crippen LogP contribution in [-0.4, -0.2) is 43.2 Å². The summed E-state index contributed by atoms with van der Waals surface area (Å²) in [5.41, 5.74) is 14.4. The number of para-hydroxylation sites is 1. The molecule has 1 aromatic rings. The Kier molecular flexibility index (Phi) is 10.8. The van der Waals surface area contributed by atoms with Crippen molar-refractivity contribution >= 4 is 33.9 Å². The lowest BCUT2D eigenvalue weighted by Crippen LogP contribution is -2.30. The van der Waals surface area contributed by atoms with E-state index in [-0.39, 0.29) is 11.0 Å². The van der Waals surface area contributed by atoms with Crippen LogP contribution in [0.3, 0.4) is 0 Å². The van der Waals surface area contributed by atoms with Gasteiger partial charge in [0.05, 0.1) is 11.7 Å². The Balaban J connectivity index is 3.04. The molecule has 8 heteroatoms. The van der Waals surface area contributed by atoms with E-state index in [4.69, 9.17) is 11.5 Å². The third-order valence-corrected chi connectivity index (χ3v) is 4.16. The summed E-state index contributed by atoms with van der Waals surface area (Å²) in [6.07, 6.45) is 3.33. The highest BCUT2D eigenvalue weighted by Crippen LogP contribution is 2.17. The second-order valence-electron chi connectivity index (χ2n) is 5.31. The van der Waals surface area contributed by atoms with Gasteiger partial charge in [-0.15, -0.1) is 0 Å². The van der Waals surface area contributed by atoms with Gasteiger partial charge in [-0.2, -0.15) is 0 Å². The number of anilines is 1. The molecule has 1 amide bonds. The lowest BCUT2D eigenvalue weighted by Gasteiger charge is -2.24. The predicted octanol–water partition coefficient (Wildman–Crippen LogP) is 1.92. The molecular weight excluding hydrogens is 348 g/mol. The number of hydrogen-bond donors (Lipinski definition) is 3. The highest BCUT2D eigenvalue weighted by Gasteiger charge is 2.11. The number of carbonyl (C=O) groups is 1. The van der Waals surface area contributed by atoms with Gasteiger partial charge >= 0.3 is 0 Å². The first-order valence-corrected chi connectivity index (χ1v) is 9.43. The molecule has 0 saturated carbocycles. The van der Waals surface area contributed by atoms with Crippen LogP contribution >= 0.6 is 11.8 Å². The number of thioether (sulfide) groups is 1. The molecule has 0 aliphatic rings. The van der Waals surface area contributed by atoms with Crippen molar-refractivity contribution in [1.82, 2.24) is 5.32 Å². The summed E-state index contributed by atoms with van der Waals surface area (Å²) in [5, 5.41) is 3.02. The van der Waals surface area contributed by atoms with Gasteiger partial charge in [0.2, 0.25) is 0 Å². The van der Waals surface area contributed by atoms with E-state index in [9.17, 15) is 4.79 Å². The van der Waals surface area contributed by atoms with Crippen LogP contribution in [-0.2, 0) is 4.79 Å². The smallest absolute Gasteiger partial charge is 0.276 e. The fourth-order valence-electron chi connectivity index (χ4n) is 2.11. The molecule has 0 fully saturated rings. The Bertz CT molecular complexity index is 630. The molecule has 0 bridgehead atoms. The van der Waals surface area contributed by atoms with Gasteiger partial charge in [0.15, 0.2) is 5.04 Å². The van der Waals surface area contributed by atoms with Crippen LogP contribution in [0.1, 0.15) is 19.8 Å². The van der Waals surface area contributed by atoms with Crippen LogP contribution in [0, 0.1) is 0 Å². The normalized spacial score (nSPS) is 12.4. The van der Waals surface area contributed by atoms with E-state index in [1.807, 2.05) is 42.2 Å². The van der Waals surface area contributed by atoms with Crippen molar-refractivity contribution in [3.63, 3.8) is 0 Å². The quantitative estimate of drug-likeness (QED) is 0.346. The number of benzene rings is 1. The molecule has 0 saturated heterocycles. The number of rotatable bonds is 9. The number of unbranched alkanes of at least 4 members (excludes halogenated alkanes) is 1. The summed E-state index contributed by atoms with van der Waals surface area (Å²) in [4.78, 5) is 22.2. The van der Waals surface area contributed by atoms with E-state index in [1.165, 1.54) is 6.20 Å². The molecule has 0 aromatic heterocycles. The summed E-state index contributed by atoms with van der Waals surface area (Å²) in [6, 6.07) is 9.82. The maximum absolute atomic E-state index is 12.1. The summed E-state index contributed by atoms with van der Waals surface area (Å²) in [7, 11) is 1.64. The molecule has 142 valence electrons. The average Bonchev–Trinajstić information content (AvgIpc) is 2.66. The Labute approximate surface area is 159 Å². The van der Waals surface area contributed by atoms with Crippen molar-refractivity contribution in [3.8, 4) is 0 Å². The Hall–Kier alpha value is -2.32. The summed E-state index contributed by atoms with van der Waals surface area (Å²) in [5.74, 6) is 0.208. The second kappa shape index (κ2) is 13.0. The van der Waals surface area contributed by atoms with Crippen molar-refractivity contribution in [2.24, 2.45) is 21.5 Å². The van der Waals surface area contributed by atoms with Crippen molar-refractivity contribution in [2.75, 3.05) is 31.6 Å². The van der Waals surface area contributed by atoms with Crippen molar-refractivity contribution in [1.29, 1.82) is 0 Å². The zero-order valence-electron chi connectivity index (χ0n) is 15.4. The first-order valence-electron chi connectivity index (χ1n) is 8.55. The Morgan fingerprint density at radius 2 is 2.04 bits per heavy atom. The number of nitrogens with one attached hydrogen (secondary N) is 1. The number of carbonyl (C=O) groups excluding carboxylic acids is 1. The van der Waals surface area contributed by atoms with E-state index >= 15 is 0 Å². The van der Waals surface area contributed by atoms with Gasteiger partial charge in [0.25, 0.3) is 5.91 Å². The highest BCUT2D eigenvalue weighted by atomic mass is 32.2. The Morgan fingerprint density at radius 1 is 1.31 bits per heavy atom. The minimum absolute atomic E-state index is 0.254. The number of amides is 1. The van der Waals surface area contributed by atoms with E-state index < -0.39 is 0 Å². The van der Waals surface area contributed by atoms with Crippen LogP contribution in [0.15, 0.2) is 52.3 Å². The molecule has 0 radical (unpaired) electrons. The van der Waals surface area contributed by atoms with Gasteiger partial charge in [0, 0.05) is 25.8 Å². The third-order valence-electron chi connectivity index (χ3n) is 3.33. The van der Waals surface area contributed by atoms with E-state index in [0.29, 0.717) is 18.9 Å². The minimum Gasteiger partial charge on any atom is -0.384 e. The third kappa shape index (κ3) is 7.71. The van der Waals surface area contributed by atoms with Crippen LogP contribution in [0.25, 0.3) is 0 Å². The molecule has 0 aliphatic heterocycles. The van der Waals surface area contributed by atoms with Gasteiger partial charge in [-0.25, -0.2) is 4.99 Å². The summed E-state index contributed by atoms with van der Waals surface area (Å²) < 4.78 is 0. The number of aliphatic imine (C=N–C) groups is 2. The van der Waals surface area contributed by atoms with Crippen LogP contribution in [0.2, 0.25) is 0 Å². The first-order chi connectivity index (χ1) is 12.6. The lowest BCUT2D eigenvalue weighted by molar-refractivity contribution is -0.114. The monoisotopic (exact) mass is 376 g/mol. The van der Waals surface area contributed by atoms with Crippen LogP contribution < -0.4 is 21.7 Å². The SMILES string of the molecule is CCNC(=O)C(=N/C=C(/N)N(CCCCN)c1ccccc1)SC=NC. The van der Waals surface area contributed by atoms with E-state index in [1.54, 1.807) is 12.6 Å². The van der Waals surface area contributed by atoms with Gasteiger partial charge < -0.3 is 21.7 Å². The second-order valence-corrected chi connectivity index (χ2v) is 6.15. The van der Waals surface area contributed by atoms with E-state index in [2.05, 4.69) is 15.3 Å². The van der Waals surface area contributed by atoms with Crippen LogP contribution in [0.4, 0.5) is 5.69 Å². The maximum atomic E-state index is 12.1. The fourth-order valence-corrected chi connectivity index (χ4v) is 2.60. The van der Waals surface area contributed by atoms with Gasteiger partial charge in [-0.1, -0.05) is 30.0 Å². The lowest BCUT2D eigenvalue weighted by atomic mass is 10.2. The van der Waals surface area contributed by atoms with Crippen LogP contribution in [0.5, 0.6) is 0 Å². The summed E-state index contributed by atoms with van der Waals surface area (Å²) >= 11 is 1.15. The average molecular weight is 377 g/mol. The minimum atomic E-state index is -0.254. The van der Waals surface area contributed by atoms with Gasteiger partial charge in [0.1, 0.15) is 5.82 Å². The van der Waals surface area contributed by atoms with Gasteiger partial charge in [-0.05, 0) is 38.4 Å². The first kappa shape index (κ1) is 21.7. The Morgan fingerprint density at radius 3 is 2.65 bits per heavy atom. The topological polar surface area (TPSA) is 109 Å². The molecule has 0 aliphatic carbocycles. The molecule has 0 heterocycles. The summed E-state index contributed by atoms with van der Waals surface area (Å²) in [6.45, 7) is 3.74. The molecule has 1 rings (SSSR count). The number of nitrogens with two attached hydrogens (primary N) is 2. The molecule has 0 unspecified atom stereocenters. The van der Waals surface area contributed by atoms with Crippen molar-refractivity contribution < 1.29 is 4.79 Å². The maximum Gasteiger partial charge on any atom is 0.276 e. The molecular formula is C18H28N6OS. The molecule has 0 atom stereocenters. The standard InChI is InChI=1S/C18H28N6OS/c1-3-22-17(25)18(26-14-21-2)23-13-16(20)24(12-8-7-11-19)15-9-5-4-6-10-15/h4-6,9-10,13-14H,3,7-8,11-12,19-20H2,1-2H3,(H,22,25)/b16-13-,21-14?,23-18?. The predicted molar refractivity (Wildman–Crippen MR) is 112 cm³/mol. The van der Waals surface area contributed by atoms with Crippen molar-refractivity contribution in [2.45, 2.75) is 19.8 Å². The van der Waals surface area contributed by atoms with Gasteiger partial charge in [-0.3, -0.25) is 9.79 Å². The molecule has 5 N–H and O–H groups in total. The molecule has 7 nitrogen and oxygen atoms in total. The zero-order chi connectivity index (χ0) is 19.2. The molecule has 1 aromatic carbocycles.